The maximum Gasteiger partial charge on any atom is 0.341 e. The minimum atomic E-state index is -1.18. The molecule has 0 bridgehead atoms. The van der Waals surface area contributed by atoms with Crippen molar-refractivity contribution in [3.05, 3.63) is 125 Å². The number of aromatic nitrogens is 2. The molecule has 0 aliphatic carbocycles. The molecule has 2 aromatic heterocycles. The van der Waals surface area contributed by atoms with Crippen LogP contribution in [0.25, 0.3) is 16.6 Å². The fraction of sp³-hybridized carbons (Fsp3) is 0.212. The number of benzene rings is 3. The highest BCUT2D eigenvalue weighted by Crippen LogP contribution is 2.51. The van der Waals surface area contributed by atoms with Crippen molar-refractivity contribution in [3.8, 4) is 5.69 Å². The van der Waals surface area contributed by atoms with Crippen molar-refractivity contribution < 1.29 is 9.53 Å². The van der Waals surface area contributed by atoms with Crippen LogP contribution >= 0.6 is 0 Å². The van der Waals surface area contributed by atoms with E-state index in [1.54, 1.807) is 12.3 Å². The molecule has 3 aromatic carbocycles. The Morgan fingerprint density at radius 3 is 2.37 bits per heavy atom. The maximum absolute atomic E-state index is 13.5. The number of esters is 1. The van der Waals surface area contributed by atoms with E-state index in [0.29, 0.717) is 11.3 Å². The first kappa shape index (κ1) is 24.0. The van der Waals surface area contributed by atoms with Gasteiger partial charge in [-0.2, -0.15) is 0 Å². The first-order valence-electron chi connectivity index (χ1n) is 13.2. The molecule has 0 N–H and O–H groups in total. The minimum absolute atomic E-state index is 0.351. The molecule has 190 valence electrons. The quantitative estimate of drug-likeness (QED) is 0.236. The molecular weight excluding hydrogens is 470 g/mol. The van der Waals surface area contributed by atoms with Crippen LogP contribution in [-0.2, 0) is 10.3 Å². The van der Waals surface area contributed by atoms with E-state index >= 15 is 0 Å². The SMILES string of the molecule is CCN(CC)c1ccc(C2(c3c(C)n(-c4ccccc4)c4ccccc34)OC(=O)c3cccnc32)c(C)c1. The molecule has 3 heterocycles. The molecule has 5 heteroatoms. The number of cyclic esters (lactones) is 1. The highest BCUT2D eigenvalue weighted by molar-refractivity contribution is 5.98. The number of carbonyl (C=O) groups excluding carboxylic acids is 1. The summed E-state index contributed by atoms with van der Waals surface area (Å²) in [6, 6.07) is 28.7. The predicted molar refractivity (Wildman–Crippen MR) is 152 cm³/mol. The number of pyridine rings is 1. The van der Waals surface area contributed by atoms with Gasteiger partial charge >= 0.3 is 5.97 Å². The van der Waals surface area contributed by atoms with E-state index in [4.69, 9.17) is 9.72 Å². The van der Waals surface area contributed by atoms with Crippen molar-refractivity contribution >= 4 is 22.6 Å². The number of hydrogen-bond donors (Lipinski definition) is 0. The van der Waals surface area contributed by atoms with E-state index in [2.05, 4.69) is 85.7 Å². The average molecular weight is 502 g/mol. The smallest absolute Gasteiger partial charge is 0.341 e. The summed E-state index contributed by atoms with van der Waals surface area (Å²) in [6.07, 6.45) is 1.75. The third-order valence-electron chi connectivity index (χ3n) is 7.80. The van der Waals surface area contributed by atoms with Gasteiger partial charge in [0.25, 0.3) is 0 Å². The summed E-state index contributed by atoms with van der Waals surface area (Å²) < 4.78 is 8.79. The van der Waals surface area contributed by atoms with Crippen LogP contribution in [0, 0.1) is 13.8 Å². The molecule has 0 spiro atoms. The third kappa shape index (κ3) is 3.38. The molecule has 5 aromatic rings. The van der Waals surface area contributed by atoms with E-state index < -0.39 is 5.60 Å². The first-order valence-corrected chi connectivity index (χ1v) is 13.2. The summed E-state index contributed by atoms with van der Waals surface area (Å²) in [4.78, 5) is 20.6. The van der Waals surface area contributed by atoms with Gasteiger partial charge in [0.2, 0.25) is 5.60 Å². The Morgan fingerprint density at radius 2 is 1.63 bits per heavy atom. The lowest BCUT2D eigenvalue weighted by atomic mass is 9.79. The number of nitrogens with zero attached hydrogens (tertiary/aromatic N) is 3. The highest BCUT2D eigenvalue weighted by atomic mass is 16.6. The Labute approximate surface area is 223 Å². The maximum atomic E-state index is 13.5. The zero-order valence-corrected chi connectivity index (χ0v) is 22.2. The van der Waals surface area contributed by atoms with Crippen molar-refractivity contribution in [2.45, 2.75) is 33.3 Å². The van der Waals surface area contributed by atoms with Gasteiger partial charge in [0.05, 0.1) is 11.1 Å². The van der Waals surface area contributed by atoms with Crippen LogP contribution in [0.3, 0.4) is 0 Å². The number of ether oxygens (including phenoxy) is 1. The molecule has 0 radical (unpaired) electrons. The molecule has 6 rings (SSSR count). The predicted octanol–water partition coefficient (Wildman–Crippen LogP) is 6.95. The lowest BCUT2D eigenvalue weighted by Crippen LogP contribution is -2.32. The van der Waals surface area contributed by atoms with Gasteiger partial charge in [-0.05, 0) is 75.7 Å². The number of fused-ring (bicyclic) bond motifs is 2. The Morgan fingerprint density at radius 1 is 0.895 bits per heavy atom. The van der Waals surface area contributed by atoms with E-state index in [1.165, 1.54) is 0 Å². The van der Waals surface area contributed by atoms with Gasteiger partial charge in [0, 0.05) is 52.9 Å². The van der Waals surface area contributed by atoms with Crippen LogP contribution in [0.5, 0.6) is 0 Å². The van der Waals surface area contributed by atoms with Gasteiger partial charge < -0.3 is 14.2 Å². The molecule has 1 aliphatic rings. The Kier molecular flexibility index (Phi) is 5.79. The van der Waals surface area contributed by atoms with Crippen LogP contribution in [0.4, 0.5) is 5.69 Å². The summed E-state index contributed by atoms with van der Waals surface area (Å²) in [5.74, 6) is -0.351. The molecule has 0 saturated heterocycles. The minimum Gasteiger partial charge on any atom is -0.439 e. The van der Waals surface area contributed by atoms with E-state index in [9.17, 15) is 4.79 Å². The average Bonchev–Trinajstić information content (AvgIpc) is 3.41. The first-order chi connectivity index (χ1) is 18.5. The Balaban J connectivity index is 1.72. The molecule has 0 fully saturated rings. The largest absolute Gasteiger partial charge is 0.439 e. The van der Waals surface area contributed by atoms with Gasteiger partial charge in [-0.3, -0.25) is 4.98 Å². The molecule has 0 saturated carbocycles. The fourth-order valence-corrected chi connectivity index (χ4v) is 6.13. The lowest BCUT2D eigenvalue weighted by molar-refractivity contribution is 0.0244. The van der Waals surface area contributed by atoms with Crippen LogP contribution in [-0.4, -0.2) is 28.6 Å². The number of rotatable bonds is 6. The van der Waals surface area contributed by atoms with Crippen LogP contribution in [0.1, 0.15) is 52.3 Å². The molecule has 38 heavy (non-hydrogen) atoms. The van der Waals surface area contributed by atoms with Crippen molar-refractivity contribution in [1.82, 2.24) is 9.55 Å². The summed E-state index contributed by atoms with van der Waals surface area (Å²) in [5, 5.41) is 1.03. The van der Waals surface area contributed by atoms with Gasteiger partial charge in [-0.1, -0.05) is 42.5 Å². The summed E-state index contributed by atoms with van der Waals surface area (Å²) >= 11 is 0. The van der Waals surface area contributed by atoms with Gasteiger partial charge in [-0.25, -0.2) is 4.79 Å². The number of para-hydroxylation sites is 2. The second-order valence-electron chi connectivity index (χ2n) is 9.79. The normalized spacial score (nSPS) is 16.5. The number of carbonyl (C=O) groups is 1. The molecule has 0 amide bonds. The molecule has 5 nitrogen and oxygen atoms in total. The molecule has 1 unspecified atom stereocenters. The van der Waals surface area contributed by atoms with Gasteiger partial charge in [0.15, 0.2) is 0 Å². The number of aryl methyl sites for hydroxylation is 1. The third-order valence-corrected chi connectivity index (χ3v) is 7.80. The van der Waals surface area contributed by atoms with Crippen LogP contribution in [0.15, 0.2) is 91.1 Å². The lowest BCUT2D eigenvalue weighted by Gasteiger charge is -2.32. The zero-order chi connectivity index (χ0) is 26.4. The number of hydrogen-bond acceptors (Lipinski definition) is 4. The second-order valence-corrected chi connectivity index (χ2v) is 9.79. The van der Waals surface area contributed by atoms with Crippen molar-refractivity contribution in [2.24, 2.45) is 0 Å². The Bertz CT molecular complexity index is 1670. The van der Waals surface area contributed by atoms with E-state index in [0.717, 1.165) is 57.8 Å². The fourth-order valence-electron chi connectivity index (χ4n) is 6.13. The van der Waals surface area contributed by atoms with Crippen molar-refractivity contribution in [1.29, 1.82) is 0 Å². The summed E-state index contributed by atoms with van der Waals surface area (Å²) in [7, 11) is 0. The molecular formula is C33H31N3O2. The van der Waals surface area contributed by atoms with Crippen LogP contribution in [0.2, 0.25) is 0 Å². The topological polar surface area (TPSA) is 47.4 Å². The van der Waals surface area contributed by atoms with Gasteiger partial charge in [0.1, 0.15) is 5.69 Å². The zero-order valence-electron chi connectivity index (χ0n) is 22.2. The van der Waals surface area contributed by atoms with Crippen LogP contribution < -0.4 is 4.90 Å². The summed E-state index contributed by atoms with van der Waals surface area (Å²) in [5.41, 5.74) is 7.18. The van der Waals surface area contributed by atoms with Crippen molar-refractivity contribution in [2.75, 3.05) is 18.0 Å². The monoisotopic (exact) mass is 501 g/mol. The van der Waals surface area contributed by atoms with E-state index in [-0.39, 0.29) is 5.97 Å². The molecule has 1 atom stereocenters. The standard InChI is InChI=1S/C33H31N3O2/c1-5-35(6-2)25-18-19-28(22(3)21-25)33(31-27(32(37)38-33)16-12-20-34-31)30-23(4)36(24-13-8-7-9-14-24)29-17-11-10-15-26(29)30/h7-21H,5-6H2,1-4H3. The van der Waals surface area contributed by atoms with Gasteiger partial charge in [-0.15, -0.1) is 0 Å². The Hall–Kier alpha value is -4.38. The van der Waals surface area contributed by atoms with E-state index in [1.807, 2.05) is 30.3 Å². The number of anilines is 1. The summed E-state index contributed by atoms with van der Waals surface area (Å²) in [6.45, 7) is 10.4. The van der Waals surface area contributed by atoms with Crippen molar-refractivity contribution in [3.63, 3.8) is 0 Å². The molecule has 1 aliphatic heterocycles. The highest BCUT2D eigenvalue weighted by Gasteiger charge is 2.53. The second kappa shape index (κ2) is 9.18.